The molecule has 2 aromatic carbocycles. The Kier molecular flexibility index (Phi) is 4.82. The van der Waals surface area contributed by atoms with Crippen molar-refractivity contribution in [2.45, 2.75) is 6.92 Å². The summed E-state index contributed by atoms with van der Waals surface area (Å²) in [7, 11) is 1.56. The number of hydrogen-bond donors (Lipinski definition) is 1. The summed E-state index contributed by atoms with van der Waals surface area (Å²) < 4.78 is 10.4. The smallest absolute Gasteiger partial charge is 0.254 e. The fourth-order valence-electron chi connectivity index (χ4n) is 2.99. The van der Waals surface area contributed by atoms with E-state index in [0.717, 1.165) is 10.9 Å². The molecule has 0 radical (unpaired) electrons. The quantitative estimate of drug-likeness (QED) is 0.560. The molecule has 2 heterocycles. The Morgan fingerprint density at radius 3 is 2.55 bits per heavy atom. The third kappa shape index (κ3) is 3.86. The molecule has 0 aliphatic carbocycles. The number of carbonyl (C=O) groups is 2. The number of amides is 2. The fourth-order valence-corrected chi connectivity index (χ4v) is 2.99. The zero-order valence-electron chi connectivity index (χ0n) is 15.9. The minimum absolute atomic E-state index is 0.127. The first-order chi connectivity index (χ1) is 14.0. The van der Waals surface area contributed by atoms with Gasteiger partial charge in [0, 0.05) is 24.2 Å². The fraction of sp³-hybridized carbons (Fsp3) is 0.143. The number of nitrogens with one attached hydrogen (secondary N) is 1. The molecule has 0 aliphatic rings. The second-order valence-corrected chi connectivity index (χ2v) is 6.64. The van der Waals surface area contributed by atoms with Crippen LogP contribution in [-0.4, -0.2) is 40.6 Å². The zero-order chi connectivity index (χ0) is 20.4. The van der Waals surface area contributed by atoms with Gasteiger partial charge in [-0.25, -0.2) is 0 Å². The lowest BCUT2D eigenvalue weighted by Crippen LogP contribution is -2.35. The molecule has 0 unspecified atom stereocenters. The molecule has 1 N–H and O–H groups in total. The molecule has 0 spiro atoms. The highest BCUT2D eigenvalue weighted by molar-refractivity contribution is 6.02. The van der Waals surface area contributed by atoms with Gasteiger partial charge in [-0.05, 0) is 25.1 Å². The lowest BCUT2D eigenvalue weighted by Gasteiger charge is -2.16. The molecule has 0 fully saturated rings. The Bertz CT molecular complexity index is 1180. The lowest BCUT2D eigenvalue weighted by atomic mass is 10.1. The second kappa shape index (κ2) is 7.59. The number of nitrogens with zero attached hydrogens (tertiary/aromatic N) is 3. The number of carbonyl (C=O) groups excluding carboxylic acids is 2. The summed E-state index contributed by atoms with van der Waals surface area (Å²) in [5, 5.41) is 11.1. The topological polar surface area (TPSA) is 101 Å². The van der Waals surface area contributed by atoms with Gasteiger partial charge in [0.1, 0.15) is 11.3 Å². The predicted octanol–water partition coefficient (Wildman–Crippen LogP) is 3.50. The minimum Gasteiger partial charge on any atom is -0.360 e. The molecule has 8 nitrogen and oxygen atoms in total. The number of fused-ring (bicyclic) bond motifs is 1. The molecule has 0 atom stereocenters. The van der Waals surface area contributed by atoms with Gasteiger partial charge in [0.2, 0.25) is 5.91 Å². The van der Waals surface area contributed by atoms with Crippen LogP contribution in [0.3, 0.4) is 0 Å². The molecule has 2 aromatic heterocycles. The first-order valence-corrected chi connectivity index (χ1v) is 8.95. The van der Waals surface area contributed by atoms with E-state index in [1.54, 1.807) is 38.2 Å². The van der Waals surface area contributed by atoms with Crippen molar-refractivity contribution in [3.8, 4) is 11.3 Å². The molecule has 0 saturated heterocycles. The van der Waals surface area contributed by atoms with Crippen LogP contribution < -0.4 is 5.32 Å². The van der Waals surface area contributed by atoms with Gasteiger partial charge < -0.3 is 19.3 Å². The Hall–Kier alpha value is -3.94. The monoisotopic (exact) mass is 390 g/mol. The van der Waals surface area contributed by atoms with Crippen LogP contribution in [0.1, 0.15) is 16.1 Å². The van der Waals surface area contributed by atoms with Crippen LogP contribution in [0.15, 0.2) is 63.6 Å². The zero-order valence-corrected chi connectivity index (χ0v) is 15.9. The minimum atomic E-state index is -0.370. The number of aromatic nitrogens is 2. The van der Waals surface area contributed by atoms with Crippen molar-refractivity contribution in [1.29, 1.82) is 0 Å². The lowest BCUT2D eigenvalue weighted by molar-refractivity contribution is -0.116. The van der Waals surface area contributed by atoms with E-state index in [1.165, 1.54) is 4.90 Å². The van der Waals surface area contributed by atoms with Crippen molar-refractivity contribution in [3.05, 3.63) is 65.9 Å². The van der Waals surface area contributed by atoms with E-state index in [0.29, 0.717) is 28.4 Å². The van der Waals surface area contributed by atoms with Crippen LogP contribution in [0.2, 0.25) is 0 Å². The standard InChI is InChI=1S/C21H18N4O4/c1-13-10-18(24-28-13)22-19(26)12-25(2)21(27)15-8-9-17-16(11-15)20(29-23-17)14-6-4-3-5-7-14/h3-11H,12H2,1-2H3,(H,22,24,26). The number of likely N-dealkylation sites (N-methyl/N-ethyl adjacent to an activating group) is 1. The molecule has 29 heavy (non-hydrogen) atoms. The Morgan fingerprint density at radius 1 is 1.03 bits per heavy atom. The molecular formula is C21H18N4O4. The van der Waals surface area contributed by atoms with E-state index in [4.69, 9.17) is 9.05 Å². The van der Waals surface area contributed by atoms with E-state index in [-0.39, 0.29) is 18.4 Å². The molecule has 0 aliphatic heterocycles. The van der Waals surface area contributed by atoms with Crippen molar-refractivity contribution in [2.75, 3.05) is 18.9 Å². The van der Waals surface area contributed by atoms with E-state index in [9.17, 15) is 9.59 Å². The van der Waals surface area contributed by atoms with Crippen LogP contribution in [0.5, 0.6) is 0 Å². The summed E-state index contributed by atoms with van der Waals surface area (Å²) >= 11 is 0. The summed E-state index contributed by atoms with van der Waals surface area (Å²) in [4.78, 5) is 26.3. The number of aryl methyl sites for hydroxylation is 1. The third-order valence-corrected chi connectivity index (χ3v) is 4.38. The largest absolute Gasteiger partial charge is 0.360 e. The van der Waals surface area contributed by atoms with E-state index >= 15 is 0 Å². The van der Waals surface area contributed by atoms with Crippen LogP contribution in [0.4, 0.5) is 5.82 Å². The Labute approximate surface area is 166 Å². The molecule has 146 valence electrons. The van der Waals surface area contributed by atoms with Crippen LogP contribution >= 0.6 is 0 Å². The molecule has 2 amide bonds. The van der Waals surface area contributed by atoms with Gasteiger partial charge in [-0.15, -0.1) is 0 Å². The van der Waals surface area contributed by atoms with Gasteiger partial charge >= 0.3 is 0 Å². The summed E-state index contributed by atoms with van der Waals surface area (Å²) in [6.45, 7) is 1.60. The molecule has 0 bridgehead atoms. The highest BCUT2D eigenvalue weighted by Crippen LogP contribution is 2.29. The van der Waals surface area contributed by atoms with Crippen molar-refractivity contribution in [2.24, 2.45) is 0 Å². The van der Waals surface area contributed by atoms with Crippen molar-refractivity contribution in [3.63, 3.8) is 0 Å². The SMILES string of the molecule is Cc1cc(NC(=O)CN(C)C(=O)c2ccc3noc(-c4ccccc4)c3c2)no1. The molecule has 0 saturated carbocycles. The van der Waals surface area contributed by atoms with Crippen molar-refractivity contribution < 1.29 is 18.6 Å². The Balaban J connectivity index is 1.52. The summed E-state index contributed by atoms with van der Waals surface area (Å²) in [5.74, 6) is 0.827. The van der Waals surface area contributed by atoms with Gasteiger partial charge in [-0.1, -0.05) is 40.6 Å². The van der Waals surface area contributed by atoms with Gasteiger partial charge in [0.15, 0.2) is 11.6 Å². The van der Waals surface area contributed by atoms with Gasteiger partial charge in [0.05, 0.1) is 11.9 Å². The maximum absolute atomic E-state index is 12.8. The summed E-state index contributed by atoms with van der Waals surface area (Å²) in [6, 6.07) is 16.3. The molecule has 4 aromatic rings. The highest BCUT2D eigenvalue weighted by atomic mass is 16.5. The number of hydrogen-bond acceptors (Lipinski definition) is 6. The summed E-state index contributed by atoms with van der Waals surface area (Å²) in [5.41, 5.74) is 1.96. The predicted molar refractivity (Wildman–Crippen MR) is 106 cm³/mol. The average molecular weight is 390 g/mol. The number of anilines is 1. The van der Waals surface area contributed by atoms with E-state index in [2.05, 4.69) is 15.6 Å². The maximum Gasteiger partial charge on any atom is 0.254 e. The molecule has 4 rings (SSSR count). The normalized spacial score (nSPS) is 10.8. The maximum atomic E-state index is 12.8. The van der Waals surface area contributed by atoms with Gasteiger partial charge in [-0.3, -0.25) is 9.59 Å². The first kappa shape index (κ1) is 18.4. The van der Waals surface area contributed by atoms with Crippen LogP contribution in [0.25, 0.3) is 22.2 Å². The Morgan fingerprint density at radius 2 is 1.83 bits per heavy atom. The first-order valence-electron chi connectivity index (χ1n) is 8.95. The van der Waals surface area contributed by atoms with Crippen LogP contribution in [-0.2, 0) is 4.79 Å². The van der Waals surface area contributed by atoms with Gasteiger partial charge in [-0.2, -0.15) is 0 Å². The van der Waals surface area contributed by atoms with E-state index < -0.39 is 0 Å². The molecule has 8 heteroatoms. The number of benzene rings is 2. The van der Waals surface area contributed by atoms with Crippen LogP contribution in [0, 0.1) is 6.92 Å². The highest BCUT2D eigenvalue weighted by Gasteiger charge is 2.18. The summed E-state index contributed by atoms with van der Waals surface area (Å²) in [6.07, 6.45) is 0. The molecular weight excluding hydrogens is 372 g/mol. The number of rotatable bonds is 5. The average Bonchev–Trinajstić information content (AvgIpc) is 3.33. The second-order valence-electron chi connectivity index (χ2n) is 6.64. The van der Waals surface area contributed by atoms with Gasteiger partial charge in [0.25, 0.3) is 5.91 Å². The van der Waals surface area contributed by atoms with Crippen molar-refractivity contribution in [1.82, 2.24) is 15.2 Å². The van der Waals surface area contributed by atoms with Crippen molar-refractivity contribution >= 4 is 28.5 Å². The third-order valence-electron chi connectivity index (χ3n) is 4.38. The van der Waals surface area contributed by atoms with E-state index in [1.807, 2.05) is 30.3 Å².